The molecular formula is C18H16Cl2F5N2OS+. The molecule has 2 N–H and O–H groups in total. The first-order valence-electron chi connectivity index (χ1n) is 8.41. The van der Waals surface area contributed by atoms with Crippen LogP contribution in [0.2, 0.25) is 10.0 Å². The van der Waals surface area contributed by atoms with Gasteiger partial charge in [-0.3, -0.25) is 4.90 Å². The summed E-state index contributed by atoms with van der Waals surface area (Å²) >= 11 is 10.2. The third-order valence-corrected chi connectivity index (χ3v) is 6.51. The first-order chi connectivity index (χ1) is 13.5. The van der Waals surface area contributed by atoms with E-state index in [1.807, 2.05) is 0 Å². The van der Waals surface area contributed by atoms with Gasteiger partial charge in [0.15, 0.2) is 0 Å². The van der Waals surface area contributed by atoms with Crippen molar-refractivity contribution < 1.29 is 26.5 Å². The van der Waals surface area contributed by atoms with E-state index in [1.165, 1.54) is 23.1 Å². The van der Waals surface area contributed by atoms with Crippen LogP contribution in [0.1, 0.15) is 17.5 Å². The minimum atomic E-state index is -4.60. The molecule has 1 saturated heterocycles. The van der Waals surface area contributed by atoms with E-state index in [0.717, 1.165) is 12.1 Å². The zero-order chi connectivity index (χ0) is 21.4. The van der Waals surface area contributed by atoms with Crippen molar-refractivity contribution in [1.29, 1.82) is 0 Å². The van der Waals surface area contributed by atoms with Gasteiger partial charge >= 0.3 is 17.5 Å². The van der Waals surface area contributed by atoms with Crippen LogP contribution in [-0.4, -0.2) is 28.5 Å². The lowest BCUT2D eigenvalue weighted by Crippen LogP contribution is -2.26. The number of rotatable bonds is 5. The summed E-state index contributed by atoms with van der Waals surface area (Å²) in [6.45, 7) is -0.340. The van der Waals surface area contributed by atoms with E-state index in [-0.39, 0.29) is 40.1 Å². The summed E-state index contributed by atoms with van der Waals surface area (Å²) in [7, 11) is 0. The average Bonchev–Trinajstić information content (AvgIpc) is 2.96. The van der Waals surface area contributed by atoms with Crippen LogP contribution in [0.25, 0.3) is 0 Å². The summed E-state index contributed by atoms with van der Waals surface area (Å²) in [5.41, 5.74) is -0.595. The van der Waals surface area contributed by atoms with Gasteiger partial charge in [0.25, 0.3) is 5.92 Å². The van der Waals surface area contributed by atoms with Gasteiger partial charge in [0.2, 0.25) is 4.90 Å². The molecule has 158 valence electrons. The summed E-state index contributed by atoms with van der Waals surface area (Å²) in [6, 6.07) is 7.49. The SMILES string of the molecule is O[S+](Nc1cc(C(F)(F)F)ccc1CN1CCC(F)(F)C1)c1cccc(Cl)c1Cl. The van der Waals surface area contributed by atoms with Gasteiger partial charge in [0.1, 0.15) is 5.02 Å². The molecule has 1 fully saturated rings. The van der Waals surface area contributed by atoms with Gasteiger partial charge in [0, 0.05) is 25.6 Å². The van der Waals surface area contributed by atoms with Crippen LogP contribution in [0.15, 0.2) is 41.3 Å². The minimum absolute atomic E-state index is 0.0105. The Morgan fingerprint density at radius 3 is 2.52 bits per heavy atom. The van der Waals surface area contributed by atoms with Gasteiger partial charge in [-0.2, -0.15) is 22.4 Å². The van der Waals surface area contributed by atoms with Gasteiger partial charge in [-0.1, -0.05) is 35.3 Å². The number of hydrogen-bond acceptors (Lipinski definition) is 3. The number of benzene rings is 2. The number of anilines is 1. The Labute approximate surface area is 177 Å². The molecule has 1 atom stereocenters. The molecule has 2 aromatic carbocycles. The van der Waals surface area contributed by atoms with Crippen molar-refractivity contribution in [3.8, 4) is 0 Å². The molecular weight excluding hydrogens is 458 g/mol. The van der Waals surface area contributed by atoms with Crippen LogP contribution in [0, 0.1) is 0 Å². The van der Waals surface area contributed by atoms with E-state index >= 15 is 0 Å². The number of nitrogens with zero attached hydrogens (tertiary/aromatic N) is 1. The van der Waals surface area contributed by atoms with Gasteiger partial charge in [-0.15, -0.1) is 0 Å². The zero-order valence-electron chi connectivity index (χ0n) is 14.7. The molecule has 2 aromatic rings. The maximum atomic E-state index is 13.5. The monoisotopic (exact) mass is 473 g/mol. The number of halogens is 7. The average molecular weight is 474 g/mol. The highest BCUT2D eigenvalue weighted by Crippen LogP contribution is 2.36. The molecule has 11 heteroatoms. The summed E-state index contributed by atoms with van der Waals surface area (Å²) in [4.78, 5) is 1.66. The lowest BCUT2D eigenvalue weighted by atomic mass is 10.1. The smallest absolute Gasteiger partial charge is 0.293 e. The predicted octanol–water partition coefficient (Wildman–Crippen LogP) is 6.33. The Morgan fingerprint density at radius 2 is 1.90 bits per heavy atom. The fourth-order valence-corrected chi connectivity index (χ4v) is 4.53. The lowest BCUT2D eigenvalue weighted by Gasteiger charge is -2.19. The topological polar surface area (TPSA) is 35.5 Å². The third-order valence-electron chi connectivity index (χ3n) is 4.41. The number of hydrogen-bond donors (Lipinski definition) is 2. The molecule has 0 saturated carbocycles. The molecule has 0 bridgehead atoms. The maximum absolute atomic E-state index is 13.5. The standard InChI is InChI=1S/C18H16Cl2F5N2OS/c19-13-2-1-3-15(16(13)20)29(28)26-14-8-12(18(23,24)25)5-4-11(14)9-27-7-6-17(21,22)10-27/h1-5,8,26,28H,6-7,9-10H2/q+1. The summed E-state index contributed by atoms with van der Waals surface area (Å²) in [5.74, 6) is -2.82. The molecule has 1 heterocycles. The molecule has 1 aliphatic heterocycles. The first-order valence-corrected chi connectivity index (χ1v) is 10.3. The Hall–Kier alpha value is -1.26. The van der Waals surface area contributed by atoms with E-state index in [9.17, 15) is 26.5 Å². The van der Waals surface area contributed by atoms with Crippen molar-refractivity contribution in [3.05, 3.63) is 57.6 Å². The fourth-order valence-electron chi connectivity index (χ4n) is 2.96. The highest BCUT2D eigenvalue weighted by Gasteiger charge is 2.39. The Bertz CT molecular complexity index is 897. The molecule has 3 nitrogen and oxygen atoms in total. The summed E-state index contributed by atoms with van der Waals surface area (Å²) in [5, 5.41) is 0.251. The second kappa shape index (κ2) is 8.47. The van der Waals surface area contributed by atoms with Crippen molar-refractivity contribution in [1.82, 2.24) is 4.90 Å². The molecule has 29 heavy (non-hydrogen) atoms. The second-order valence-corrected chi connectivity index (χ2v) is 8.62. The Balaban J connectivity index is 1.90. The van der Waals surface area contributed by atoms with Crippen LogP contribution in [0.4, 0.5) is 27.6 Å². The van der Waals surface area contributed by atoms with Gasteiger partial charge in [0.05, 0.1) is 22.8 Å². The lowest BCUT2D eigenvalue weighted by molar-refractivity contribution is -0.137. The van der Waals surface area contributed by atoms with E-state index in [4.69, 9.17) is 23.2 Å². The molecule has 0 aromatic heterocycles. The predicted molar refractivity (Wildman–Crippen MR) is 105 cm³/mol. The molecule has 1 unspecified atom stereocenters. The van der Waals surface area contributed by atoms with Gasteiger partial charge in [-0.25, -0.2) is 8.78 Å². The number of alkyl halides is 5. The molecule has 0 aliphatic carbocycles. The van der Waals surface area contributed by atoms with Crippen molar-refractivity contribution in [2.75, 3.05) is 17.8 Å². The second-order valence-electron chi connectivity index (χ2n) is 6.62. The quantitative estimate of drug-likeness (QED) is 0.393. The summed E-state index contributed by atoms with van der Waals surface area (Å²) in [6.07, 6.45) is -4.91. The largest absolute Gasteiger partial charge is 0.416 e. The zero-order valence-corrected chi connectivity index (χ0v) is 17.1. The Morgan fingerprint density at radius 1 is 1.17 bits per heavy atom. The molecule has 1 aliphatic rings. The minimum Gasteiger partial charge on any atom is -0.293 e. The molecule has 3 rings (SSSR count). The fraction of sp³-hybridized carbons (Fsp3) is 0.333. The normalized spacial score (nSPS) is 18.1. The van der Waals surface area contributed by atoms with E-state index < -0.39 is 35.6 Å². The van der Waals surface area contributed by atoms with E-state index in [1.54, 1.807) is 6.07 Å². The van der Waals surface area contributed by atoms with Crippen LogP contribution in [0.3, 0.4) is 0 Å². The van der Waals surface area contributed by atoms with Gasteiger partial charge < -0.3 is 0 Å². The van der Waals surface area contributed by atoms with Crippen LogP contribution < -0.4 is 4.72 Å². The van der Waals surface area contributed by atoms with Crippen LogP contribution >= 0.6 is 23.2 Å². The van der Waals surface area contributed by atoms with Crippen molar-refractivity contribution >= 4 is 40.3 Å². The number of nitrogens with one attached hydrogen (secondary N) is 1. The highest BCUT2D eigenvalue weighted by molar-refractivity contribution is 7.93. The molecule has 0 radical (unpaired) electrons. The highest BCUT2D eigenvalue weighted by atomic mass is 35.5. The first kappa shape index (κ1) is 22.4. The molecule has 0 spiro atoms. The maximum Gasteiger partial charge on any atom is 0.416 e. The molecule has 0 amide bonds. The van der Waals surface area contributed by atoms with Crippen LogP contribution in [-0.2, 0) is 24.1 Å². The van der Waals surface area contributed by atoms with Crippen molar-refractivity contribution in [2.24, 2.45) is 0 Å². The van der Waals surface area contributed by atoms with E-state index in [2.05, 4.69) is 4.72 Å². The third kappa shape index (κ3) is 5.46. The van der Waals surface area contributed by atoms with Crippen molar-refractivity contribution in [2.45, 2.75) is 30.0 Å². The van der Waals surface area contributed by atoms with Gasteiger partial charge in [-0.05, 0) is 23.8 Å². The van der Waals surface area contributed by atoms with Crippen molar-refractivity contribution in [3.63, 3.8) is 0 Å². The van der Waals surface area contributed by atoms with Crippen LogP contribution in [0.5, 0.6) is 0 Å². The number of likely N-dealkylation sites (tertiary alicyclic amines) is 1. The van der Waals surface area contributed by atoms with E-state index in [0.29, 0.717) is 5.56 Å². The Kier molecular flexibility index (Phi) is 6.55. The summed E-state index contributed by atoms with van der Waals surface area (Å²) < 4.78 is 79.5.